The van der Waals surface area contributed by atoms with Crippen LogP contribution in [0.3, 0.4) is 0 Å². The van der Waals surface area contributed by atoms with Crippen LogP contribution in [0.4, 0.5) is 0 Å². The van der Waals surface area contributed by atoms with Crippen molar-refractivity contribution < 1.29 is 4.74 Å². The fraction of sp³-hybridized carbons (Fsp3) is 0.238. The topological polar surface area (TPSA) is 44.9 Å². The fourth-order valence-electron chi connectivity index (χ4n) is 3.31. The number of benzene rings is 2. The van der Waals surface area contributed by atoms with Gasteiger partial charge in [0.05, 0.1) is 19.2 Å². The molecular formula is C21H22N4O. The second kappa shape index (κ2) is 6.67. The normalized spacial score (nSPS) is 11.2. The van der Waals surface area contributed by atoms with Crippen molar-refractivity contribution in [2.75, 3.05) is 7.11 Å². The van der Waals surface area contributed by atoms with Crippen LogP contribution < -0.4 is 4.74 Å². The van der Waals surface area contributed by atoms with Crippen molar-refractivity contribution in [2.45, 2.75) is 26.9 Å². The lowest BCUT2D eigenvalue weighted by molar-refractivity contribution is 0.414. The van der Waals surface area contributed by atoms with Crippen molar-refractivity contribution in [1.29, 1.82) is 0 Å². The second-order valence-electron chi connectivity index (χ2n) is 6.57. The number of ether oxygens (including phenoxy) is 1. The number of methoxy groups -OCH3 is 1. The summed E-state index contributed by atoms with van der Waals surface area (Å²) in [4.78, 5) is 0. The lowest BCUT2D eigenvalue weighted by Crippen LogP contribution is -2.11. The van der Waals surface area contributed by atoms with Crippen LogP contribution in [-0.2, 0) is 13.1 Å². The van der Waals surface area contributed by atoms with Crippen molar-refractivity contribution in [1.82, 2.24) is 19.6 Å². The molecule has 132 valence electrons. The van der Waals surface area contributed by atoms with Gasteiger partial charge in [0.15, 0.2) is 0 Å². The number of aryl methyl sites for hydroxylation is 1. The summed E-state index contributed by atoms with van der Waals surface area (Å²) in [6.45, 7) is 5.85. The molecule has 26 heavy (non-hydrogen) atoms. The highest BCUT2D eigenvalue weighted by Gasteiger charge is 2.12. The third-order valence-corrected chi connectivity index (χ3v) is 4.94. The van der Waals surface area contributed by atoms with Gasteiger partial charge in [-0.1, -0.05) is 29.5 Å². The van der Waals surface area contributed by atoms with Gasteiger partial charge in [0.2, 0.25) is 0 Å². The molecule has 5 heteroatoms. The molecule has 0 bridgehead atoms. The molecule has 0 saturated heterocycles. The molecule has 0 saturated carbocycles. The van der Waals surface area contributed by atoms with E-state index in [-0.39, 0.29) is 0 Å². The number of para-hydroxylation sites is 1. The number of aromatic nitrogens is 4. The van der Waals surface area contributed by atoms with Gasteiger partial charge >= 0.3 is 0 Å². The predicted molar refractivity (Wildman–Crippen MR) is 103 cm³/mol. The maximum atomic E-state index is 5.26. The van der Waals surface area contributed by atoms with E-state index in [4.69, 9.17) is 4.74 Å². The highest BCUT2D eigenvalue weighted by Crippen LogP contribution is 2.20. The molecule has 0 radical (unpaired) electrons. The monoisotopic (exact) mass is 346 g/mol. The first-order chi connectivity index (χ1) is 12.7. The molecule has 4 aromatic rings. The van der Waals surface area contributed by atoms with Crippen LogP contribution in [0.15, 0.2) is 54.6 Å². The van der Waals surface area contributed by atoms with Crippen LogP contribution in [0.2, 0.25) is 0 Å². The molecule has 0 unspecified atom stereocenters. The molecule has 2 heterocycles. The minimum Gasteiger partial charge on any atom is -0.497 e. The number of hydrogen-bond donors (Lipinski definition) is 0. The first-order valence-corrected chi connectivity index (χ1v) is 8.72. The van der Waals surface area contributed by atoms with Crippen LogP contribution in [0.25, 0.3) is 11.0 Å². The number of nitrogens with zero attached hydrogens (tertiary/aromatic N) is 4. The molecule has 0 aliphatic heterocycles. The molecular weight excluding hydrogens is 324 g/mol. The maximum absolute atomic E-state index is 5.26. The van der Waals surface area contributed by atoms with E-state index in [9.17, 15) is 0 Å². The maximum Gasteiger partial charge on any atom is 0.118 e. The molecule has 5 nitrogen and oxygen atoms in total. The van der Waals surface area contributed by atoms with Crippen LogP contribution in [0, 0.1) is 13.8 Å². The Morgan fingerprint density at radius 1 is 0.962 bits per heavy atom. The van der Waals surface area contributed by atoms with Gasteiger partial charge < -0.3 is 9.30 Å². The second-order valence-corrected chi connectivity index (χ2v) is 6.57. The van der Waals surface area contributed by atoms with Gasteiger partial charge in [-0.2, -0.15) is 0 Å². The predicted octanol–water partition coefficient (Wildman–Crippen LogP) is 3.95. The molecule has 4 rings (SSSR count). The summed E-state index contributed by atoms with van der Waals surface area (Å²) in [6, 6.07) is 18.5. The third kappa shape index (κ3) is 2.96. The van der Waals surface area contributed by atoms with Gasteiger partial charge in [-0.25, -0.2) is 4.68 Å². The molecule has 2 aromatic carbocycles. The molecule has 0 N–H and O–H groups in total. The van der Waals surface area contributed by atoms with Crippen LogP contribution in [0.5, 0.6) is 5.75 Å². The van der Waals surface area contributed by atoms with Crippen molar-refractivity contribution >= 4 is 11.0 Å². The zero-order valence-corrected chi connectivity index (χ0v) is 15.3. The van der Waals surface area contributed by atoms with Crippen LogP contribution in [0.1, 0.15) is 22.5 Å². The van der Waals surface area contributed by atoms with Gasteiger partial charge in [-0.05, 0) is 55.3 Å². The smallest absolute Gasteiger partial charge is 0.118 e. The Hall–Kier alpha value is -3.08. The van der Waals surface area contributed by atoms with E-state index in [0.29, 0.717) is 6.54 Å². The number of fused-ring (bicyclic) bond motifs is 1. The summed E-state index contributed by atoms with van der Waals surface area (Å²) in [5.41, 5.74) is 7.02. The molecule has 0 atom stereocenters. The van der Waals surface area contributed by atoms with Crippen molar-refractivity contribution in [3.63, 3.8) is 0 Å². The lowest BCUT2D eigenvalue weighted by Gasteiger charge is -2.13. The van der Waals surface area contributed by atoms with E-state index in [1.807, 2.05) is 35.0 Å². The molecule has 0 aliphatic rings. The Balaban J connectivity index is 1.67. The quantitative estimate of drug-likeness (QED) is 0.549. The summed E-state index contributed by atoms with van der Waals surface area (Å²) in [6.07, 6.45) is 0. The van der Waals surface area contributed by atoms with Crippen LogP contribution in [-0.4, -0.2) is 26.7 Å². The van der Waals surface area contributed by atoms with Gasteiger partial charge in [0.25, 0.3) is 0 Å². The average molecular weight is 346 g/mol. The fourth-order valence-corrected chi connectivity index (χ4v) is 3.31. The minimum absolute atomic E-state index is 0.700. The van der Waals surface area contributed by atoms with E-state index in [1.54, 1.807) is 7.11 Å². The molecule has 0 aliphatic carbocycles. The molecule has 0 amide bonds. The number of hydrogen-bond acceptors (Lipinski definition) is 3. The first-order valence-electron chi connectivity index (χ1n) is 8.72. The Morgan fingerprint density at radius 3 is 2.50 bits per heavy atom. The molecule has 2 aromatic heterocycles. The van der Waals surface area contributed by atoms with Gasteiger partial charge in [-0.3, -0.25) is 0 Å². The first kappa shape index (κ1) is 16.4. The van der Waals surface area contributed by atoms with Gasteiger partial charge in [0, 0.05) is 17.9 Å². The Morgan fingerprint density at radius 2 is 1.73 bits per heavy atom. The summed E-state index contributed by atoms with van der Waals surface area (Å²) < 4.78 is 9.58. The summed E-state index contributed by atoms with van der Waals surface area (Å²) in [7, 11) is 1.69. The largest absolute Gasteiger partial charge is 0.497 e. The van der Waals surface area contributed by atoms with Crippen LogP contribution >= 0.6 is 0 Å². The van der Waals surface area contributed by atoms with Crippen molar-refractivity contribution in [2.24, 2.45) is 0 Å². The van der Waals surface area contributed by atoms with Crippen molar-refractivity contribution in [3.8, 4) is 5.75 Å². The Bertz CT molecular complexity index is 1040. The molecule has 0 spiro atoms. The third-order valence-electron chi connectivity index (χ3n) is 4.94. The van der Waals surface area contributed by atoms with E-state index in [0.717, 1.165) is 23.3 Å². The Kier molecular flexibility index (Phi) is 4.21. The zero-order chi connectivity index (χ0) is 18.1. The minimum atomic E-state index is 0.700. The standard InChI is InChI=1S/C21H22N4O/c1-15-12-18(14-25-21-7-5-4-6-20(21)22-23-25)24(16(15)2)13-17-8-10-19(26-3)11-9-17/h4-12H,13-14H2,1-3H3. The zero-order valence-electron chi connectivity index (χ0n) is 15.3. The van der Waals surface area contributed by atoms with E-state index in [1.165, 1.54) is 22.5 Å². The summed E-state index contributed by atoms with van der Waals surface area (Å²) >= 11 is 0. The SMILES string of the molecule is COc1ccc(Cn2c(Cn3nnc4ccccc43)cc(C)c2C)cc1. The lowest BCUT2D eigenvalue weighted by atomic mass is 10.2. The highest BCUT2D eigenvalue weighted by molar-refractivity contribution is 5.73. The molecule has 0 fully saturated rings. The van der Waals surface area contributed by atoms with Gasteiger partial charge in [0.1, 0.15) is 11.3 Å². The Labute approximate surface area is 152 Å². The summed E-state index contributed by atoms with van der Waals surface area (Å²) in [5, 5.41) is 8.60. The van der Waals surface area contributed by atoms with E-state index in [2.05, 4.69) is 53.0 Å². The van der Waals surface area contributed by atoms with E-state index >= 15 is 0 Å². The number of rotatable bonds is 5. The van der Waals surface area contributed by atoms with Crippen molar-refractivity contribution in [3.05, 3.63) is 77.1 Å². The van der Waals surface area contributed by atoms with E-state index < -0.39 is 0 Å². The van der Waals surface area contributed by atoms with Gasteiger partial charge in [-0.15, -0.1) is 5.10 Å². The average Bonchev–Trinajstić information content (AvgIpc) is 3.19. The summed E-state index contributed by atoms with van der Waals surface area (Å²) in [5.74, 6) is 0.878. The highest BCUT2D eigenvalue weighted by atomic mass is 16.5.